The number of hydrogen-bond acceptors (Lipinski definition) is 0. The molecule has 0 saturated heterocycles. The van der Waals surface area contributed by atoms with Gasteiger partial charge in [0.25, 0.3) is 0 Å². The van der Waals surface area contributed by atoms with E-state index in [9.17, 15) is 0 Å². The van der Waals surface area contributed by atoms with Gasteiger partial charge in [-0.25, -0.2) is 0 Å². The molecule has 0 N–H and O–H groups in total. The van der Waals surface area contributed by atoms with Crippen LogP contribution in [0.4, 0.5) is 0 Å². The molecule has 47 heavy (non-hydrogen) atoms. The molecule has 0 spiro atoms. The topological polar surface area (TPSA) is 0 Å². The zero-order valence-corrected chi connectivity index (χ0v) is 25.8. The fraction of sp³-hybridized carbons (Fsp3) is 0.0213. The third kappa shape index (κ3) is 3.70. The van der Waals surface area contributed by atoms with Crippen molar-refractivity contribution in [3.05, 3.63) is 204 Å². The lowest BCUT2D eigenvalue weighted by atomic mass is 9.67. The number of benzene rings is 8. The van der Waals surface area contributed by atoms with Gasteiger partial charge < -0.3 is 0 Å². The van der Waals surface area contributed by atoms with E-state index >= 15 is 0 Å². The Morgan fingerprint density at radius 3 is 1.57 bits per heavy atom. The van der Waals surface area contributed by atoms with Gasteiger partial charge in [-0.2, -0.15) is 0 Å². The Kier molecular flexibility index (Phi) is 5.59. The lowest BCUT2D eigenvalue weighted by Crippen LogP contribution is -2.28. The van der Waals surface area contributed by atoms with Crippen molar-refractivity contribution >= 4 is 10.8 Å². The van der Waals surface area contributed by atoms with Crippen LogP contribution in [0.2, 0.25) is 0 Å². The monoisotopic (exact) mass is 594 g/mol. The molecule has 0 bridgehead atoms. The summed E-state index contributed by atoms with van der Waals surface area (Å²) in [5.41, 5.74) is 17.7. The highest BCUT2D eigenvalue weighted by atomic mass is 14.5. The van der Waals surface area contributed by atoms with Crippen LogP contribution in [0.25, 0.3) is 66.4 Å². The first-order chi connectivity index (χ1) is 23.3. The first-order valence-electron chi connectivity index (χ1n) is 16.4. The second-order valence-electron chi connectivity index (χ2n) is 12.8. The molecule has 0 saturated carbocycles. The molecular weight excluding hydrogens is 565 g/mol. The number of rotatable bonds is 4. The van der Waals surface area contributed by atoms with E-state index in [4.69, 9.17) is 0 Å². The molecule has 2 aliphatic carbocycles. The maximum absolute atomic E-state index is 2.46. The molecule has 8 aromatic rings. The van der Waals surface area contributed by atoms with Gasteiger partial charge in [-0.3, -0.25) is 0 Å². The molecule has 0 nitrogen and oxygen atoms in total. The SMILES string of the molecule is c1ccc(C2(c3ccccc3)c3ccccc3-c3ccc(-c4cccc(-c5cc6c7c(cccc7c5)-c5ccccc5-6)c4)cc32)cc1. The van der Waals surface area contributed by atoms with Crippen LogP contribution in [0.5, 0.6) is 0 Å². The van der Waals surface area contributed by atoms with E-state index in [1.807, 2.05) is 0 Å². The first kappa shape index (κ1) is 26.3. The van der Waals surface area contributed by atoms with Crippen molar-refractivity contribution in [2.24, 2.45) is 0 Å². The molecule has 0 aromatic heterocycles. The van der Waals surface area contributed by atoms with Crippen molar-refractivity contribution in [2.75, 3.05) is 0 Å². The van der Waals surface area contributed by atoms with E-state index in [-0.39, 0.29) is 0 Å². The van der Waals surface area contributed by atoms with Crippen LogP contribution in [0.3, 0.4) is 0 Å². The fourth-order valence-electron chi connectivity index (χ4n) is 8.49. The fourth-order valence-corrected chi connectivity index (χ4v) is 8.49. The van der Waals surface area contributed by atoms with Crippen LogP contribution < -0.4 is 0 Å². The van der Waals surface area contributed by atoms with Gasteiger partial charge in [0.05, 0.1) is 5.41 Å². The normalized spacial score (nSPS) is 13.3. The largest absolute Gasteiger partial charge is 0.0713 e. The quantitative estimate of drug-likeness (QED) is 0.190. The molecule has 0 aliphatic heterocycles. The van der Waals surface area contributed by atoms with Crippen molar-refractivity contribution < 1.29 is 0 Å². The highest BCUT2D eigenvalue weighted by Crippen LogP contribution is 2.57. The van der Waals surface area contributed by atoms with Crippen molar-refractivity contribution in [1.29, 1.82) is 0 Å². The molecule has 0 fully saturated rings. The molecular formula is C47H30. The van der Waals surface area contributed by atoms with Crippen LogP contribution in [0.15, 0.2) is 182 Å². The highest BCUT2D eigenvalue weighted by molar-refractivity contribution is 6.16. The summed E-state index contributed by atoms with van der Waals surface area (Å²) >= 11 is 0. The van der Waals surface area contributed by atoms with Gasteiger partial charge in [-0.15, -0.1) is 0 Å². The average Bonchev–Trinajstić information content (AvgIpc) is 3.64. The maximum Gasteiger partial charge on any atom is 0.0713 e. The molecule has 0 radical (unpaired) electrons. The first-order valence-corrected chi connectivity index (χ1v) is 16.4. The molecule has 0 unspecified atom stereocenters. The zero-order chi connectivity index (χ0) is 31.0. The van der Waals surface area contributed by atoms with Gasteiger partial charge in [-0.1, -0.05) is 158 Å². The number of hydrogen-bond donors (Lipinski definition) is 0. The summed E-state index contributed by atoms with van der Waals surface area (Å²) in [4.78, 5) is 0. The van der Waals surface area contributed by atoms with E-state index in [1.165, 1.54) is 88.7 Å². The minimum atomic E-state index is -0.407. The Morgan fingerprint density at radius 1 is 0.277 bits per heavy atom. The van der Waals surface area contributed by atoms with Crippen molar-refractivity contribution in [3.63, 3.8) is 0 Å². The summed E-state index contributed by atoms with van der Waals surface area (Å²) in [7, 11) is 0. The summed E-state index contributed by atoms with van der Waals surface area (Å²) in [5.74, 6) is 0. The minimum Gasteiger partial charge on any atom is -0.0622 e. The summed E-state index contributed by atoms with van der Waals surface area (Å²) in [6.07, 6.45) is 0. The van der Waals surface area contributed by atoms with Gasteiger partial charge in [0.15, 0.2) is 0 Å². The molecule has 0 heterocycles. The maximum atomic E-state index is 2.46. The van der Waals surface area contributed by atoms with E-state index < -0.39 is 5.41 Å². The van der Waals surface area contributed by atoms with Crippen LogP contribution in [-0.4, -0.2) is 0 Å². The molecule has 2 aliphatic rings. The van der Waals surface area contributed by atoms with E-state index in [2.05, 4.69) is 182 Å². The molecule has 218 valence electrons. The van der Waals surface area contributed by atoms with Gasteiger partial charge in [0, 0.05) is 0 Å². The van der Waals surface area contributed by atoms with Crippen molar-refractivity contribution in [3.8, 4) is 55.6 Å². The Labute approximate surface area is 275 Å². The molecule has 0 heteroatoms. The third-order valence-electron chi connectivity index (χ3n) is 10.5. The van der Waals surface area contributed by atoms with E-state index in [1.54, 1.807) is 0 Å². The summed E-state index contributed by atoms with van der Waals surface area (Å²) < 4.78 is 0. The predicted octanol–water partition coefficient (Wildman–Crippen LogP) is 12.2. The van der Waals surface area contributed by atoms with Gasteiger partial charge in [-0.05, 0) is 113 Å². The highest BCUT2D eigenvalue weighted by Gasteiger charge is 2.46. The molecule has 10 rings (SSSR count). The lowest BCUT2D eigenvalue weighted by molar-refractivity contribution is 0.769. The van der Waals surface area contributed by atoms with E-state index in [0.29, 0.717) is 0 Å². The lowest BCUT2D eigenvalue weighted by Gasteiger charge is -2.34. The Hall–Kier alpha value is -5.98. The second kappa shape index (κ2) is 10.0. The number of fused-ring (bicyclic) bond motifs is 6. The van der Waals surface area contributed by atoms with E-state index in [0.717, 1.165) is 0 Å². The van der Waals surface area contributed by atoms with Crippen molar-refractivity contribution in [1.82, 2.24) is 0 Å². The van der Waals surface area contributed by atoms with Gasteiger partial charge >= 0.3 is 0 Å². The van der Waals surface area contributed by atoms with Crippen LogP contribution in [0.1, 0.15) is 22.3 Å². The second-order valence-corrected chi connectivity index (χ2v) is 12.8. The molecule has 0 atom stereocenters. The smallest absolute Gasteiger partial charge is 0.0622 e. The summed E-state index contributed by atoms with van der Waals surface area (Å²) in [6, 6.07) is 67.5. The Bertz CT molecular complexity index is 2460. The van der Waals surface area contributed by atoms with Gasteiger partial charge in [0.2, 0.25) is 0 Å². The summed E-state index contributed by atoms with van der Waals surface area (Å²) in [6.45, 7) is 0. The van der Waals surface area contributed by atoms with Gasteiger partial charge in [0.1, 0.15) is 0 Å². The molecule has 0 amide bonds. The summed E-state index contributed by atoms with van der Waals surface area (Å²) in [5, 5.41) is 2.66. The van der Waals surface area contributed by atoms with Crippen LogP contribution in [0, 0.1) is 0 Å². The van der Waals surface area contributed by atoms with Crippen LogP contribution >= 0.6 is 0 Å². The van der Waals surface area contributed by atoms with Crippen molar-refractivity contribution in [2.45, 2.75) is 5.41 Å². The third-order valence-corrected chi connectivity index (χ3v) is 10.5. The van der Waals surface area contributed by atoms with Crippen LogP contribution in [-0.2, 0) is 5.41 Å². The Balaban J connectivity index is 1.16. The predicted molar refractivity (Wildman–Crippen MR) is 197 cm³/mol. The minimum absolute atomic E-state index is 0.407. The Morgan fingerprint density at radius 2 is 0.830 bits per heavy atom. The standard InChI is InChI=1S/C47H30/c1-3-16-36(17-4-1)47(37-18-5-2-6-19-37)44-24-10-9-22-40(44)41-26-25-33(30-45(41)47)31-13-11-14-32(27-31)35-28-34-15-12-23-42-38-20-7-8-21-39(38)43(29-35)46(34)42/h1-30H. The average molecular weight is 595 g/mol. The molecule has 8 aromatic carbocycles. The zero-order valence-electron chi connectivity index (χ0n) is 25.8.